The van der Waals surface area contributed by atoms with Gasteiger partial charge in [0.05, 0.1) is 5.56 Å². The summed E-state index contributed by atoms with van der Waals surface area (Å²) in [5.74, 6) is -0.428. The van der Waals surface area contributed by atoms with Gasteiger partial charge in [0.15, 0.2) is 11.5 Å². The average Bonchev–Trinajstić information content (AvgIpc) is 2.69. The molecular weight excluding hydrogens is 377 g/mol. The third-order valence-electron chi connectivity index (χ3n) is 3.75. The number of hydrogen-bond acceptors (Lipinski definition) is 4. The molecule has 0 saturated carbocycles. The molecule has 1 unspecified atom stereocenters. The summed E-state index contributed by atoms with van der Waals surface area (Å²) >= 11 is 0. The highest BCUT2D eigenvalue weighted by atomic mass is 19.4. The zero-order valence-corrected chi connectivity index (χ0v) is 14.3. The first-order chi connectivity index (χ1) is 13.3. The monoisotopic (exact) mass is 392 g/mol. The molecule has 0 aliphatic carbocycles. The Balaban J connectivity index is 1.52. The number of nitrogens with one attached hydrogen (secondary N) is 2. The minimum atomic E-state index is -4.47. The Morgan fingerprint density at radius 3 is 2.54 bits per heavy atom. The molecule has 146 valence electrons. The van der Waals surface area contributed by atoms with E-state index in [1.54, 1.807) is 24.3 Å². The molecule has 0 radical (unpaired) electrons. The summed E-state index contributed by atoms with van der Waals surface area (Å²) in [6.07, 6.45) is -3.22. The molecule has 1 heterocycles. The maximum atomic E-state index is 12.7. The molecule has 1 aliphatic rings. The quantitative estimate of drug-likeness (QED) is 0.622. The fourth-order valence-corrected chi connectivity index (χ4v) is 2.38. The first-order valence-corrected chi connectivity index (χ1v) is 8.16. The van der Waals surface area contributed by atoms with E-state index in [4.69, 9.17) is 9.47 Å². The van der Waals surface area contributed by atoms with E-state index in [2.05, 4.69) is 10.9 Å². The van der Waals surface area contributed by atoms with Gasteiger partial charge in [0, 0.05) is 6.08 Å². The van der Waals surface area contributed by atoms with Crippen LogP contribution in [0.3, 0.4) is 0 Å². The van der Waals surface area contributed by atoms with Crippen molar-refractivity contribution in [3.63, 3.8) is 0 Å². The number of para-hydroxylation sites is 2. The minimum absolute atomic E-state index is 0.0290. The lowest BCUT2D eigenvalue weighted by Crippen LogP contribution is -2.50. The van der Waals surface area contributed by atoms with Crippen molar-refractivity contribution in [3.8, 4) is 11.5 Å². The normalized spacial score (nSPS) is 15.9. The highest BCUT2D eigenvalue weighted by Gasteiger charge is 2.30. The SMILES string of the molecule is O=C(/C=C/c1cccc(C(F)(F)F)c1)NNC(=O)C1COc2ccccc2O1. The fourth-order valence-electron chi connectivity index (χ4n) is 2.38. The van der Waals surface area contributed by atoms with E-state index in [-0.39, 0.29) is 12.2 Å². The highest BCUT2D eigenvalue weighted by molar-refractivity contribution is 5.93. The molecule has 0 bridgehead atoms. The Morgan fingerprint density at radius 1 is 1.04 bits per heavy atom. The maximum absolute atomic E-state index is 12.7. The van der Waals surface area contributed by atoms with Gasteiger partial charge in [-0.15, -0.1) is 0 Å². The first-order valence-electron chi connectivity index (χ1n) is 8.16. The van der Waals surface area contributed by atoms with Gasteiger partial charge in [-0.25, -0.2) is 0 Å². The summed E-state index contributed by atoms with van der Waals surface area (Å²) in [7, 11) is 0. The van der Waals surface area contributed by atoms with Crippen molar-refractivity contribution >= 4 is 17.9 Å². The first kappa shape index (κ1) is 19.3. The van der Waals surface area contributed by atoms with Crippen LogP contribution in [-0.4, -0.2) is 24.5 Å². The molecule has 2 N–H and O–H groups in total. The van der Waals surface area contributed by atoms with Crippen molar-refractivity contribution in [1.82, 2.24) is 10.9 Å². The lowest BCUT2D eigenvalue weighted by molar-refractivity contribution is -0.137. The number of carbonyl (C=O) groups excluding carboxylic acids is 2. The van der Waals surface area contributed by atoms with E-state index in [1.165, 1.54) is 18.2 Å². The van der Waals surface area contributed by atoms with Gasteiger partial charge in [-0.05, 0) is 35.9 Å². The third kappa shape index (κ3) is 4.81. The van der Waals surface area contributed by atoms with E-state index in [0.29, 0.717) is 11.5 Å². The van der Waals surface area contributed by atoms with E-state index in [9.17, 15) is 22.8 Å². The standard InChI is InChI=1S/C19H15F3N2O4/c20-19(21,22)13-5-3-4-12(10-13)8-9-17(25)23-24-18(26)16-11-27-14-6-1-2-7-15(14)28-16/h1-10,16H,11H2,(H,23,25)(H,24,26)/b9-8+. The molecule has 0 saturated heterocycles. The Labute approximate surface area is 157 Å². The smallest absolute Gasteiger partial charge is 0.416 e. The van der Waals surface area contributed by atoms with E-state index in [1.807, 2.05) is 0 Å². The van der Waals surface area contributed by atoms with Crippen LogP contribution in [0.5, 0.6) is 11.5 Å². The Bertz CT molecular complexity index is 912. The lowest BCUT2D eigenvalue weighted by atomic mass is 10.1. The molecule has 28 heavy (non-hydrogen) atoms. The Hall–Kier alpha value is -3.49. The molecule has 0 aromatic heterocycles. The second-order valence-corrected chi connectivity index (χ2v) is 5.80. The average molecular weight is 392 g/mol. The molecule has 2 amide bonds. The highest BCUT2D eigenvalue weighted by Crippen LogP contribution is 2.31. The van der Waals surface area contributed by atoms with Crippen molar-refractivity contribution in [2.45, 2.75) is 12.3 Å². The van der Waals surface area contributed by atoms with Crippen LogP contribution < -0.4 is 20.3 Å². The van der Waals surface area contributed by atoms with Gasteiger partial charge in [0.1, 0.15) is 6.61 Å². The number of benzene rings is 2. The van der Waals surface area contributed by atoms with E-state index < -0.39 is 29.7 Å². The summed E-state index contributed by atoms with van der Waals surface area (Å²) in [6.45, 7) is -0.0290. The molecule has 0 fully saturated rings. The Morgan fingerprint density at radius 2 is 1.79 bits per heavy atom. The molecule has 2 aromatic rings. The summed E-state index contributed by atoms with van der Waals surface area (Å²) in [5.41, 5.74) is 3.69. The molecular formula is C19H15F3N2O4. The van der Waals surface area contributed by atoms with Crippen molar-refractivity contribution in [2.24, 2.45) is 0 Å². The second kappa shape index (κ2) is 8.03. The van der Waals surface area contributed by atoms with Gasteiger partial charge in [-0.2, -0.15) is 13.2 Å². The molecule has 2 aromatic carbocycles. The topological polar surface area (TPSA) is 76.7 Å². The van der Waals surface area contributed by atoms with Crippen LogP contribution in [0.2, 0.25) is 0 Å². The second-order valence-electron chi connectivity index (χ2n) is 5.80. The summed E-state index contributed by atoms with van der Waals surface area (Å²) < 4.78 is 48.9. The van der Waals surface area contributed by atoms with Gasteiger partial charge >= 0.3 is 6.18 Å². The van der Waals surface area contributed by atoms with Crippen LogP contribution in [0.25, 0.3) is 6.08 Å². The predicted octanol–water partition coefficient (Wildman–Crippen LogP) is 2.71. The number of rotatable bonds is 3. The fraction of sp³-hybridized carbons (Fsp3) is 0.158. The van der Waals surface area contributed by atoms with Crippen LogP contribution in [0.15, 0.2) is 54.6 Å². The van der Waals surface area contributed by atoms with Crippen LogP contribution in [0, 0.1) is 0 Å². The summed E-state index contributed by atoms with van der Waals surface area (Å²) in [5, 5.41) is 0. The van der Waals surface area contributed by atoms with Gasteiger partial charge in [-0.3, -0.25) is 20.4 Å². The number of hydrogen-bond donors (Lipinski definition) is 2. The third-order valence-corrected chi connectivity index (χ3v) is 3.75. The summed E-state index contributed by atoms with van der Waals surface area (Å²) in [6, 6.07) is 11.3. The van der Waals surface area contributed by atoms with Gasteiger partial charge in [0.2, 0.25) is 6.10 Å². The molecule has 1 aliphatic heterocycles. The van der Waals surface area contributed by atoms with Crippen LogP contribution in [0.4, 0.5) is 13.2 Å². The van der Waals surface area contributed by atoms with Crippen LogP contribution >= 0.6 is 0 Å². The van der Waals surface area contributed by atoms with E-state index >= 15 is 0 Å². The molecule has 9 heteroatoms. The Kier molecular flexibility index (Phi) is 5.53. The molecule has 6 nitrogen and oxygen atoms in total. The lowest BCUT2D eigenvalue weighted by Gasteiger charge is -2.25. The molecule has 3 rings (SSSR count). The van der Waals surface area contributed by atoms with Crippen molar-refractivity contribution in [2.75, 3.05) is 6.61 Å². The molecule has 1 atom stereocenters. The van der Waals surface area contributed by atoms with Gasteiger partial charge in [0.25, 0.3) is 11.8 Å². The number of carbonyl (C=O) groups is 2. The number of fused-ring (bicyclic) bond motifs is 1. The largest absolute Gasteiger partial charge is 0.485 e. The number of alkyl halides is 3. The van der Waals surface area contributed by atoms with Crippen molar-refractivity contribution in [3.05, 3.63) is 65.7 Å². The zero-order chi connectivity index (χ0) is 20.1. The van der Waals surface area contributed by atoms with Gasteiger partial charge in [-0.1, -0.05) is 24.3 Å². The van der Waals surface area contributed by atoms with Crippen LogP contribution in [0.1, 0.15) is 11.1 Å². The van der Waals surface area contributed by atoms with E-state index in [0.717, 1.165) is 18.2 Å². The number of ether oxygens (including phenoxy) is 2. The number of amides is 2. The predicted molar refractivity (Wildman–Crippen MR) is 93.1 cm³/mol. The maximum Gasteiger partial charge on any atom is 0.416 e. The minimum Gasteiger partial charge on any atom is -0.485 e. The van der Waals surface area contributed by atoms with Gasteiger partial charge < -0.3 is 9.47 Å². The summed E-state index contributed by atoms with van der Waals surface area (Å²) in [4.78, 5) is 23.8. The molecule has 0 spiro atoms. The number of halogens is 3. The van der Waals surface area contributed by atoms with Crippen molar-refractivity contribution in [1.29, 1.82) is 0 Å². The zero-order valence-electron chi connectivity index (χ0n) is 14.3. The van der Waals surface area contributed by atoms with Crippen molar-refractivity contribution < 1.29 is 32.2 Å². The number of hydrazine groups is 1. The van der Waals surface area contributed by atoms with Crippen LogP contribution in [-0.2, 0) is 15.8 Å².